The summed E-state index contributed by atoms with van der Waals surface area (Å²) >= 11 is 7.29. The van der Waals surface area contributed by atoms with Crippen LogP contribution in [0.3, 0.4) is 0 Å². The van der Waals surface area contributed by atoms with Crippen LogP contribution in [0.1, 0.15) is 16.4 Å². The Morgan fingerprint density at radius 2 is 1.91 bits per heavy atom. The Labute approximate surface area is 144 Å². The van der Waals surface area contributed by atoms with E-state index in [-0.39, 0.29) is 0 Å². The SMILES string of the molecule is COC(=O)C(O)C(Sc1cc(Cl)ccc1N)c1ccc(C)cc1. The van der Waals surface area contributed by atoms with Crippen LogP contribution < -0.4 is 5.73 Å². The number of ether oxygens (including phenoxy) is 1. The first-order chi connectivity index (χ1) is 10.9. The lowest BCUT2D eigenvalue weighted by molar-refractivity contribution is -0.150. The van der Waals surface area contributed by atoms with Crippen molar-refractivity contribution in [2.24, 2.45) is 0 Å². The third-order valence-electron chi connectivity index (χ3n) is 3.36. The highest BCUT2D eigenvalue weighted by molar-refractivity contribution is 7.99. The summed E-state index contributed by atoms with van der Waals surface area (Å²) in [6.45, 7) is 1.97. The number of esters is 1. The maximum atomic E-state index is 11.8. The summed E-state index contributed by atoms with van der Waals surface area (Å²) in [5, 5.41) is 10.3. The third-order valence-corrected chi connectivity index (χ3v) is 4.99. The van der Waals surface area contributed by atoms with E-state index in [0.717, 1.165) is 11.1 Å². The highest BCUT2D eigenvalue weighted by Crippen LogP contribution is 2.41. The summed E-state index contributed by atoms with van der Waals surface area (Å²) < 4.78 is 4.67. The van der Waals surface area contributed by atoms with E-state index in [0.29, 0.717) is 15.6 Å². The molecule has 23 heavy (non-hydrogen) atoms. The predicted octanol–water partition coefficient (Wildman–Crippen LogP) is 3.60. The molecule has 3 N–H and O–H groups in total. The van der Waals surface area contributed by atoms with Gasteiger partial charge in [-0.3, -0.25) is 0 Å². The number of anilines is 1. The highest BCUT2D eigenvalue weighted by atomic mass is 35.5. The quantitative estimate of drug-likeness (QED) is 0.489. The maximum Gasteiger partial charge on any atom is 0.336 e. The second kappa shape index (κ2) is 7.73. The molecule has 0 aliphatic carbocycles. The lowest BCUT2D eigenvalue weighted by atomic mass is 10.1. The van der Waals surface area contributed by atoms with Crippen molar-refractivity contribution < 1.29 is 14.6 Å². The van der Waals surface area contributed by atoms with Gasteiger partial charge in [0.15, 0.2) is 6.10 Å². The van der Waals surface area contributed by atoms with E-state index in [1.165, 1.54) is 18.9 Å². The van der Waals surface area contributed by atoms with Gasteiger partial charge in [0.05, 0.1) is 12.4 Å². The topological polar surface area (TPSA) is 72.5 Å². The van der Waals surface area contributed by atoms with E-state index >= 15 is 0 Å². The second-order valence-electron chi connectivity index (χ2n) is 5.10. The molecule has 0 fully saturated rings. The summed E-state index contributed by atoms with van der Waals surface area (Å²) in [7, 11) is 1.25. The number of hydrogen-bond donors (Lipinski definition) is 2. The van der Waals surface area contributed by atoms with Gasteiger partial charge in [-0.2, -0.15) is 0 Å². The van der Waals surface area contributed by atoms with E-state index in [4.69, 9.17) is 17.3 Å². The first-order valence-corrected chi connectivity index (χ1v) is 8.22. The number of rotatable bonds is 5. The normalized spacial score (nSPS) is 13.4. The van der Waals surface area contributed by atoms with Gasteiger partial charge in [0, 0.05) is 15.6 Å². The molecule has 0 spiro atoms. The van der Waals surface area contributed by atoms with Crippen molar-refractivity contribution in [2.75, 3.05) is 12.8 Å². The molecule has 0 radical (unpaired) electrons. The number of nitrogen functional groups attached to an aromatic ring is 1. The van der Waals surface area contributed by atoms with Crippen molar-refractivity contribution in [3.63, 3.8) is 0 Å². The molecule has 6 heteroatoms. The number of hydrogen-bond acceptors (Lipinski definition) is 5. The molecule has 2 aromatic carbocycles. The molecule has 0 aliphatic heterocycles. The van der Waals surface area contributed by atoms with Crippen LogP contribution >= 0.6 is 23.4 Å². The van der Waals surface area contributed by atoms with Crippen molar-refractivity contribution in [3.8, 4) is 0 Å². The van der Waals surface area contributed by atoms with Gasteiger partial charge in [0.2, 0.25) is 0 Å². The Morgan fingerprint density at radius 1 is 1.26 bits per heavy atom. The number of aliphatic hydroxyl groups excluding tert-OH is 1. The van der Waals surface area contributed by atoms with E-state index in [1.807, 2.05) is 31.2 Å². The van der Waals surface area contributed by atoms with E-state index in [1.54, 1.807) is 18.2 Å². The average molecular weight is 352 g/mol. The van der Waals surface area contributed by atoms with Crippen LogP contribution in [0, 0.1) is 6.92 Å². The second-order valence-corrected chi connectivity index (χ2v) is 6.72. The molecular formula is C17H18ClNO3S. The number of benzene rings is 2. The van der Waals surface area contributed by atoms with Crippen molar-refractivity contribution in [2.45, 2.75) is 23.2 Å². The Hall–Kier alpha value is -1.69. The molecule has 2 unspecified atom stereocenters. The Morgan fingerprint density at radius 3 is 2.52 bits per heavy atom. The third kappa shape index (κ3) is 4.41. The van der Waals surface area contributed by atoms with Gasteiger partial charge in [-0.1, -0.05) is 41.4 Å². The molecule has 4 nitrogen and oxygen atoms in total. The van der Waals surface area contributed by atoms with Crippen LogP contribution in [0.4, 0.5) is 5.69 Å². The number of aliphatic hydroxyl groups is 1. The van der Waals surface area contributed by atoms with E-state index < -0.39 is 17.3 Å². The van der Waals surface area contributed by atoms with Crippen LogP contribution in [0.2, 0.25) is 5.02 Å². The number of methoxy groups -OCH3 is 1. The molecular weight excluding hydrogens is 334 g/mol. The van der Waals surface area contributed by atoms with Gasteiger partial charge in [-0.25, -0.2) is 4.79 Å². The van der Waals surface area contributed by atoms with Gasteiger partial charge in [-0.15, -0.1) is 11.8 Å². The summed E-state index contributed by atoms with van der Waals surface area (Å²) in [4.78, 5) is 12.5. The van der Waals surface area contributed by atoms with Gasteiger partial charge < -0.3 is 15.6 Å². The summed E-state index contributed by atoms with van der Waals surface area (Å²) in [6, 6.07) is 12.7. The van der Waals surface area contributed by atoms with Crippen LogP contribution in [-0.2, 0) is 9.53 Å². The van der Waals surface area contributed by atoms with Crippen molar-refractivity contribution in [1.82, 2.24) is 0 Å². The fourth-order valence-electron chi connectivity index (χ4n) is 2.06. The number of halogens is 1. The minimum atomic E-state index is -1.31. The zero-order valence-corrected chi connectivity index (χ0v) is 14.4. The predicted molar refractivity (Wildman–Crippen MR) is 93.7 cm³/mol. The fraction of sp³-hybridized carbons (Fsp3) is 0.235. The van der Waals surface area contributed by atoms with Crippen LogP contribution in [0.5, 0.6) is 0 Å². The largest absolute Gasteiger partial charge is 0.467 e. The number of carbonyl (C=O) groups is 1. The number of nitrogens with two attached hydrogens (primary N) is 1. The van der Waals surface area contributed by atoms with Crippen molar-refractivity contribution in [1.29, 1.82) is 0 Å². The molecule has 0 saturated carbocycles. The van der Waals surface area contributed by atoms with Crippen molar-refractivity contribution in [3.05, 3.63) is 58.6 Å². The molecule has 2 atom stereocenters. The molecule has 2 aromatic rings. The molecule has 0 bridgehead atoms. The lowest BCUT2D eigenvalue weighted by Crippen LogP contribution is -2.27. The zero-order chi connectivity index (χ0) is 17.0. The Balaban J connectivity index is 2.38. The molecule has 0 heterocycles. The van der Waals surface area contributed by atoms with E-state index in [2.05, 4.69) is 4.74 Å². The number of carbonyl (C=O) groups excluding carboxylic acids is 1. The van der Waals surface area contributed by atoms with Crippen LogP contribution in [-0.4, -0.2) is 24.3 Å². The molecule has 0 aromatic heterocycles. The molecule has 2 rings (SSSR count). The smallest absolute Gasteiger partial charge is 0.336 e. The zero-order valence-electron chi connectivity index (χ0n) is 12.8. The number of aryl methyl sites for hydroxylation is 1. The summed E-state index contributed by atoms with van der Waals surface area (Å²) in [6.07, 6.45) is -1.31. The lowest BCUT2D eigenvalue weighted by Gasteiger charge is -2.22. The highest BCUT2D eigenvalue weighted by Gasteiger charge is 2.30. The van der Waals surface area contributed by atoms with E-state index in [9.17, 15) is 9.90 Å². The first kappa shape index (κ1) is 17.7. The van der Waals surface area contributed by atoms with Gasteiger partial charge in [0.25, 0.3) is 0 Å². The minimum absolute atomic E-state index is 0.536. The average Bonchev–Trinajstić information content (AvgIpc) is 2.55. The molecule has 0 aliphatic rings. The van der Waals surface area contributed by atoms with Crippen LogP contribution in [0.25, 0.3) is 0 Å². The van der Waals surface area contributed by atoms with Gasteiger partial charge in [0.1, 0.15) is 0 Å². The molecule has 0 saturated heterocycles. The van der Waals surface area contributed by atoms with Gasteiger partial charge >= 0.3 is 5.97 Å². The maximum absolute atomic E-state index is 11.8. The van der Waals surface area contributed by atoms with Gasteiger partial charge in [-0.05, 0) is 30.7 Å². The van der Waals surface area contributed by atoms with Crippen molar-refractivity contribution >= 4 is 35.0 Å². The molecule has 0 amide bonds. The summed E-state index contributed by atoms with van der Waals surface area (Å²) in [5.41, 5.74) is 8.40. The molecule has 122 valence electrons. The Kier molecular flexibility index (Phi) is 5.93. The minimum Gasteiger partial charge on any atom is -0.467 e. The summed E-state index contributed by atoms with van der Waals surface area (Å²) in [5.74, 6) is -0.691. The standard InChI is InChI=1S/C17H18ClNO3S/c1-10-3-5-11(6-4-10)16(15(20)17(21)22-2)23-14-9-12(18)7-8-13(14)19/h3-9,15-16,20H,19H2,1-2H3. The number of thioether (sulfide) groups is 1. The first-order valence-electron chi connectivity index (χ1n) is 6.96. The van der Waals surface area contributed by atoms with Crippen LogP contribution in [0.15, 0.2) is 47.4 Å². The Bertz CT molecular complexity index is 691. The fourth-order valence-corrected chi connectivity index (χ4v) is 3.51. The monoisotopic (exact) mass is 351 g/mol.